The van der Waals surface area contributed by atoms with Gasteiger partial charge in [0.25, 0.3) is 0 Å². The van der Waals surface area contributed by atoms with Crippen LogP contribution in [0.3, 0.4) is 0 Å². The zero-order valence-electron chi connectivity index (χ0n) is 13.0. The second-order valence-electron chi connectivity index (χ2n) is 5.04. The Hall–Kier alpha value is -2.09. The molecule has 0 amide bonds. The number of rotatable bonds is 6. The van der Waals surface area contributed by atoms with E-state index in [1.54, 1.807) is 12.1 Å². The molecule has 0 aliphatic rings. The van der Waals surface area contributed by atoms with Crippen molar-refractivity contribution in [2.75, 3.05) is 17.6 Å². The zero-order valence-corrected chi connectivity index (χ0v) is 15.3. The first-order chi connectivity index (χ1) is 11.7. The largest absolute Gasteiger partial charge is 0.454 e. The van der Waals surface area contributed by atoms with Crippen molar-refractivity contribution in [3.05, 3.63) is 63.6 Å². The number of halogens is 2. The van der Waals surface area contributed by atoms with Gasteiger partial charge in [-0.15, -0.1) is 0 Å². The molecule has 0 aliphatic heterocycles. The van der Waals surface area contributed by atoms with Crippen LogP contribution >= 0.6 is 23.2 Å². The van der Waals surface area contributed by atoms with E-state index in [4.69, 9.17) is 27.9 Å². The summed E-state index contributed by atoms with van der Waals surface area (Å²) >= 11 is 11.7. The van der Waals surface area contributed by atoms with Crippen molar-refractivity contribution >= 4 is 50.7 Å². The first-order valence-electron chi connectivity index (χ1n) is 6.89. The molecule has 0 bridgehead atoms. The van der Waals surface area contributed by atoms with Gasteiger partial charge in [0.2, 0.25) is 15.8 Å². The standard InChI is InChI=1S/C16H13Cl2NO5S/c1-25(22,23)19-14-5-3-2-4-12(14)16(21)24-9-15(20)11-7-6-10(17)8-13(11)18/h2-8,19H,9H2,1H3. The second kappa shape index (κ2) is 7.86. The molecule has 2 rings (SSSR count). The Morgan fingerprint density at radius 3 is 2.40 bits per heavy atom. The lowest BCUT2D eigenvalue weighted by molar-refractivity contribution is 0.0476. The number of sulfonamides is 1. The van der Waals surface area contributed by atoms with E-state index in [-0.39, 0.29) is 21.8 Å². The highest BCUT2D eigenvalue weighted by molar-refractivity contribution is 7.92. The Bertz CT molecular complexity index is 928. The van der Waals surface area contributed by atoms with E-state index in [0.717, 1.165) is 6.26 Å². The first-order valence-corrected chi connectivity index (χ1v) is 9.54. The number of Topliss-reactive ketones (excluding diaryl/α,β-unsaturated/α-hetero) is 1. The topological polar surface area (TPSA) is 89.5 Å². The molecular weight excluding hydrogens is 389 g/mol. The summed E-state index contributed by atoms with van der Waals surface area (Å²) in [5.74, 6) is -1.35. The van der Waals surface area contributed by atoms with Gasteiger partial charge in [-0.1, -0.05) is 35.3 Å². The molecule has 9 heteroatoms. The highest BCUT2D eigenvalue weighted by atomic mass is 35.5. The van der Waals surface area contributed by atoms with Crippen molar-refractivity contribution in [1.82, 2.24) is 0 Å². The van der Waals surface area contributed by atoms with Gasteiger partial charge in [-0.05, 0) is 30.3 Å². The third-order valence-corrected chi connectivity index (χ3v) is 4.15. The summed E-state index contributed by atoms with van der Waals surface area (Å²) in [5.41, 5.74) is 0.219. The summed E-state index contributed by atoms with van der Waals surface area (Å²) < 4.78 is 29.9. The third-order valence-electron chi connectivity index (χ3n) is 3.01. The molecule has 6 nitrogen and oxygen atoms in total. The maximum absolute atomic E-state index is 12.2. The lowest BCUT2D eigenvalue weighted by atomic mass is 10.1. The molecule has 0 spiro atoms. The molecular formula is C16H13Cl2NO5S. The van der Waals surface area contributed by atoms with Gasteiger partial charge in [-0.2, -0.15) is 0 Å². The molecule has 2 aromatic rings. The summed E-state index contributed by atoms with van der Waals surface area (Å²) in [5, 5.41) is 0.520. The number of benzene rings is 2. The van der Waals surface area contributed by atoms with Crippen molar-refractivity contribution < 1.29 is 22.7 Å². The number of carbonyl (C=O) groups is 2. The number of ketones is 1. The Labute approximate surface area is 154 Å². The minimum atomic E-state index is -3.57. The van der Waals surface area contributed by atoms with Crippen LogP contribution in [0.4, 0.5) is 5.69 Å². The average molecular weight is 402 g/mol. The Morgan fingerprint density at radius 1 is 1.08 bits per heavy atom. The molecule has 0 aliphatic carbocycles. The molecule has 0 saturated carbocycles. The molecule has 0 radical (unpaired) electrons. The minimum Gasteiger partial charge on any atom is -0.454 e. The van der Waals surface area contributed by atoms with Gasteiger partial charge < -0.3 is 4.74 Å². The SMILES string of the molecule is CS(=O)(=O)Nc1ccccc1C(=O)OCC(=O)c1ccc(Cl)cc1Cl. The van der Waals surface area contributed by atoms with E-state index in [1.807, 2.05) is 0 Å². The predicted octanol–water partition coefficient (Wildman–Crippen LogP) is 3.40. The van der Waals surface area contributed by atoms with E-state index >= 15 is 0 Å². The fourth-order valence-corrected chi connectivity index (χ4v) is 3.04. The van der Waals surface area contributed by atoms with Crippen LogP contribution < -0.4 is 4.72 Å². The van der Waals surface area contributed by atoms with Gasteiger partial charge >= 0.3 is 5.97 Å². The molecule has 0 fully saturated rings. The molecule has 0 heterocycles. The molecule has 25 heavy (non-hydrogen) atoms. The first kappa shape index (κ1) is 19.2. The fraction of sp³-hybridized carbons (Fsp3) is 0.125. The van der Waals surface area contributed by atoms with Crippen molar-refractivity contribution in [3.63, 3.8) is 0 Å². The average Bonchev–Trinajstić information content (AvgIpc) is 2.51. The van der Waals surface area contributed by atoms with Crippen LogP contribution in [0.25, 0.3) is 0 Å². The van der Waals surface area contributed by atoms with Crippen LogP contribution in [-0.2, 0) is 14.8 Å². The number of nitrogens with one attached hydrogen (secondary N) is 1. The Morgan fingerprint density at radius 2 is 1.76 bits per heavy atom. The molecule has 1 N–H and O–H groups in total. The van der Waals surface area contributed by atoms with Crippen molar-refractivity contribution in [1.29, 1.82) is 0 Å². The number of carbonyl (C=O) groups excluding carboxylic acids is 2. The van der Waals surface area contributed by atoms with Gasteiger partial charge in [0.15, 0.2) is 6.61 Å². The van der Waals surface area contributed by atoms with E-state index in [2.05, 4.69) is 4.72 Å². The van der Waals surface area contributed by atoms with Crippen LogP contribution in [0, 0.1) is 0 Å². The summed E-state index contributed by atoms with van der Waals surface area (Å²) in [6, 6.07) is 10.2. The van der Waals surface area contributed by atoms with Crippen LogP contribution in [0.5, 0.6) is 0 Å². The van der Waals surface area contributed by atoms with Gasteiger partial charge in [0.05, 0.1) is 22.5 Å². The zero-order chi connectivity index (χ0) is 18.6. The van der Waals surface area contributed by atoms with Crippen LogP contribution in [0.1, 0.15) is 20.7 Å². The molecule has 0 aromatic heterocycles. The maximum Gasteiger partial charge on any atom is 0.340 e. The maximum atomic E-state index is 12.2. The lowest BCUT2D eigenvalue weighted by Gasteiger charge is -2.10. The summed E-state index contributed by atoms with van der Waals surface area (Å²) in [6.07, 6.45) is 0.959. The van der Waals surface area contributed by atoms with E-state index in [0.29, 0.717) is 5.02 Å². The van der Waals surface area contributed by atoms with E-state index in [9.17, 15) is 18.0 Å². The highest BCUT2D eigenvalue weighted by Crippen LogP contribution is 2.22. The van der Waals surface area contributed by atoms with Crippen LogP contribution in [0.15, 0.2) is 42.5 Å². The van der Waals surface area contributed by atoms with Gasteiger partial charge in [-0.3, -0.25) is 9.52 Å². The van der Waals surface area contributed by atoms with Crippen molar-refractivity contribution in [2.45, 2.75) is 0 Å². The monoisotopic (exact) mass is 401 g/mol. The van der Waals surface area contributed by atoms with E-state index in [1.165, 1.54) is 30.3 Å². The van der Waals surface area contributed by atoms with Crippen molar-refractivity contribution in [3.8, 4) is 0 Å². The second-order valence-corrected chi connectivity index (χ2v) is 7.64. The van der Waals surface area contributed by atoms with Gasteiger partial charge in [-0.25, -0.2) is 13.2 Å². The number of hydrogen-bond acceptors (Lipinski definition) is 5. The van der Waals surface area contributed by atoms with Crippen LogP contribution in [0.2, 0.25) is 10.0 Å². The minimum absolute atomic E-state index is 0.0112. The summed E-state index contributed by atoms with van der Waals surface area (Å²) in [7, 11) is -3.57. The number of anilines is 1. The molecule has 0 saturated heterocycles. The van der Waals surface area contributed by atoms with Gasteiger partial charge in [0, 0.05) is 10.6 Å². The predicted molar refractivity (Wildman–Crippen MR) is 96.0 cm³/mol. The number of hydrogen-bond donors (Lipinski definition) is 1. The number of para-hydroxylation sites is 1. The Kier molecular flexibility index (Phi) is 6.05. The van der Waals surface area contributed by atoms with Crippen molar-refractivity contribution in [2.24, 2.45) is 0 Å². The molecule has 2 aromatic carbocycles. The van der Waals surface area contributed by atoms with Crippen LogP contribution in [-0.4, -0.2) is 33.0 Å². The fourth-order valence-electron chi connectivity index (χ4n) is 1.95. The third kappa shape index (κ3) is 5.45. The molecule has 132 valence electrons. The number of esters is 1. The van der Waals surface area contributed by atoms with E-state index < -0.39 is 28.4 Å². The molecule has 0 atom stereocenters. The molecule has 0 unspecified atom stereocenters. The number of ether oxygens (including phenoxy) is 1. The summed E-state index contributed by atoms with van der Waals surface area (Å²) in [4.78, 5) is 24.3. The quantitative estimate of drug-likeness (QED) is 0.591. The highest BCUT2D eigenvalue weighted by Gasteiger charge is 2.18. The normalized spacial score (nSPS) is 11.0. The lowest BCUT2D eigenvalue weighted by Crippen LogP contribution is -2.17. The van der Waals surface area contributed by atoms with Gasteiger partial charge in [0.1, 0.15) is 0 Å². The Balaban J connectivity index is 2.11. The smallest absolute Gasteiger partial charge is 0.340 e. The summed E-state index contributed by atoms with van der Waals surface area (Å²) in [6.45, 7) is -0.548.